The van der Waals surface area contributed by atoms with Crippen LogP contribution < -0.4 is 15.8 Å². The predicted octanol–water partition coefficient (Wildman–Crippen LogP) is 3.68. The minimum absolute atomic E-state index is 0.0444. The molecule has 0 bridgehead atoms. The van der Waals surface area contributed by atoms with Crippen LogP contribution in [0.2, 0.25) is 5.02 Å². The van der Waals surface area contributed by atoms with Crippen molar-refractivity contribution in [3.8, 4) is 0 Å². The lowest BCUT2D eigenvalue weighted by atomic mass is 10.2. The molecule has 1 N–H and O–H groups in total. The molecule has 27 heavy (non-hydrogen) atoms. The first kappa shape index (κ1) is 18.0. The second-order valence-corrected chi connectivity index (χ2v) is 8.22. The number of thiophene rings is 1. The third-order valence-corrected chi connectivity index (χ3v) is 6.29. The van der Waals surface area contributed by atoms with Crippen LogP contribution >= 0.6 is 22.9 Å². The number of rotatable bonds is 3. The number of benzene rings is 1. The Morgan fingerprint density at radius 2 is 2.15 bits per heavy atom. The molecule has 1 aromatic carbocycles. The zero-order chi connectivity index (χ0) is 19.3. The quantitative estimate of drug-likeness (QED) is 0.725. The van der Waals surface area contributed by atoms with E-state index >= 15 is 0 Å². The number of nitrogens with zero attached hydrogens (tertiary/aromatic N) is 3. The number of carbonyl (C=O) groups excluding carboxylic acids is 1. The summed E-state index contributed by atoms with van der Waals surface area (Å²) in [5.74, 6) is 0.552. The van der Waals surface area contributed by atoms with Gasteiger partial charge in [0.25, 0.3) is 11.5 Å². The molecule has 0 aliphatic carbocycles. The molecule has 1 aliphatic heterocycles. The van der Waals surface area contributed by atoms with Crippen LogP contribution in [0.4, 0.5) is 11.4 Å². The van der Waals surface area contributed by atoms with Crippen LogP contribution in [0.15, 0.2) is 23.0 Å². The molecule has 6 nitrogen and oxygen atoms in total. The number of para-hydroxylation sites is 1. The maximum Gasteiger partial charge on any atom is 0.266 e. The summed E-state index contributed by atoms with van der Waals surface area (Å²) >= 11 is 7.55. The molecule has 1 amide bonds. The molecule has 4 rings (SSSR count). The highest BCUT2D eigenvalue weighted by Crippen LogP contribution is 2.34. The van der Waals surface area contributed by atoms with Gasteiger partial charge in [0.05, 0.1) is 26.7 Å². The number of hydrogen-bond donors (Lipinski definition) is 1. The highest BCUT2D eigenvalue weighted by atomic mass is 35.5. The maximum atomic E-state index is 13.0. The highest BCUT2D eigenvalue weighted by Gasteiger charge is 2.24. The number of carbonyl (C=O) groups is 1. The van der Waals surface area contributed by atoms with Gasteiger partial charge in [-0.15, -0.1) is 11.3 Å². The van der Waals surface area contributed by atoms with E-state index < -0.39 is 0 Å². The summed E-state index contributed by atoms with van der Waals surface area (Å²) in [4.78, 5) is 33.4. The number of halogens is 1. The number of aromatic nitrogens is 2. The van der Waals surface area contributed by atoms with Gasteiger partial charge in [-0.05, 0) is 31.0 Å². The lowest BCUT2D eigenvalue weighted by Gasteiger charge is -2.19. The zero-order valence-electron chi connectivity index (χ0n) is 15.3. The van der Waals surface area contributed by atoms with Crippen molar-refractivity contribution in [2.24, 2.45) is 0 Å². The molecule has 0 atom stereocenters. The van der Waals surface area contributed by atoms with Crippen molar-refractivity contribution >= 4 is 50.4 Å². The van der Waals surface area contributed by atoms with Crippen molar-refractivity contribution < 1.29 is 4.79 Å². The Morgan fingerprint density at radius 1 is 1.37 bits per heavy atom. The van der Waals surface area contributed by atoms with Gasteiger partial charge in [0, 0.05) is 27.1 Å². The van der Waals surface area contributed by atoms with E-state index in [9.17, 15) is 9.59 Å². The molecule has 0 radical (unpaired) electrons. The largest absolute Gasteiger partial charge is 0.375 e. The fraction of sp³-hybridized carbons (Fsp3) is 0.316. The maximum absolute atomic E-state index is 13.0. The standard InChI is InChI=1S/C19H19ClN4O2S/c1-10-14-18(22-13-8-5-9-24(13)19(14)26)27-16(10)17(25)21-12-7-4-6-11(20)15(12)23(2)3/h4,6-7H,5,8-9H2,1-3H3,(H,21,25). The van der Waals surface area contributed by atoms with Gasteiger partial charge in [-0.3, -0.25) is 14.2 Å². The molecule has 2 aromatic heterocycles. The summed E-state index contributed by atoms with van der Waals surface area (Å²) in [6.45, 7) is 2.51. The molecule has 3 heterocycles. The lowest BCUT2D eigenvalue weighted by Crippen LogP contribution is -2.21. The lowest BCUT2D eigenvalue weighted by molar-refractivity contribution is 0.103. The van der Waals surface area contributed by atoms with Gasteiger partial charge in [-0.2, -0.15) is 0 Å². The van der Waals surface area contributed by atoms with Crippen LogP contribution in [0.1, 0.15) is 27.5 Å². The first-order valence-corrected chi connectivity index (χ1v) is 9.88. The number of anilines is 2. The third kappa shape index (κ3) is 2.91. The molecular weight excluding hydrogens is 384 g/mol. The van der Waals surface area contributed by atoms with E-state index in [4.69, 9.17) is 11.6 Å². The minimum Gasteiger partial charge on any atom is -0.375 e. The SMILES string of the molecule is Cc1c(C(=O)Nc2cccc(Cl)c2N(C)C)sc2nc3n(c(=O)c12)CCC3. The Balaban J connectivity index is 1.77. The van der Waals surface area contributed by atoms with Gasteiger partial charge in [0.1, 0.15) is 10.7 Å². The molecule has 1 aliphatic rings. The van der Waals surface area contributed by atoms with E-state index in [0.29, 0.717) is 37.9 Å². The Bertz CT molecular complexity index is 1130. The van der Waals surface area contributed by atoms with E-state index in [1.807, 2.05) is 32.0 Å². The van der Waals surface area contributed by atoms with Gasteiger partial charge in [-0.25, -0.2) is 4.98 Å². The summed E-state index contributed by atoms with van der Waals surface area (Å²) < 4.78 is 1.73. The fourth-order valence-electron chi connectivity index (χ4n) is 3.54. The van der Waals surface area contributed by atoms with Gasteiger partial charge in [-0.1, -0.05) is 17.7 Å². The van der Waals surface area contributed by atoms with Crippen molar-refractivity contribution in [1.82, 2.24) is 9.55 Å². The van der Waals surface area contributed by atoms with E-state index in [1.165, 1.54) is 11.3 Å². The summed E-state index contributed by atoms with van der Waals surface area (Å²) in [6, 6.07) is 5.38. The molecule has 0 unspecified atom stereocenters. The third-order valence-electron chi connectivity index (χ3n) is 4.80. The van der Waals surface area contributed by atoms with Crippen molar-refractivity contribution in [3.63, 3.8) is 0 Å². The van der Waals surface area contributed by atoms with E-state index in [1.54, 1.807) is 16.7 Å². The first-order valence-electron chi connectivity index (χ1n) is 8.68. The smallest absolute Gasteiger partial charge is 0.266 e. The van der Waals surface area contributed by atoms with Crippen LogP contribution in [0.3, 0.4) is 0 Å². The van der Waals surface area contributed by atoms with E-state index in [0.717, 1.165) is 24.4 Å². The van der Waals surface area contributed by atoms with Crippen LogP contribution in [-0.2, 0) is 13.0 Å². The average Bonchev–Trinajstić information content (AvgIpc) is 3.20. The Morgan fingerprint density at radius 3 is 2.89 bits per heavy atom. The summed E-state index contributed by atoms with van der Waals surface area (Å²) in [5.41, 5.74) is 2.00. The van der Waals surface area contributed by atoms with Crippen LogP contribution in [0.5, 0.6) is 0 Å². The van der Waals surface area contributed by atoms with Gasteiger partial charge < -0.3 is 10.2 Å². The van der Waals surface area contributed by atoms with Crippen molar-refractivity contribution in [1.29, 1.82) is 0 Å². The molecule has 0 fully saturated rings. The van der Waals surface area contributed by atoms with E-state index in [-0.39, 0.29) is 11.5 Å². The molecule has 0 spiro atoms. The summed E-state index contributed by atoms with van der Waals surface area (Å²) in [6.07, 6.45) is 1.74. The first-order chi connectivity index (χ1) is 12.9. The number of aryl methyl sites for hydroxylation is 2. The van der Waals surface area contributed by atoms with Gasteiger partial charge in [0.2, 0.25) is 0 Å². The number of amides is 1. The molecule has 0 saturated carbocycles. The second-order valence-electron chi connectivity index (χ2n) is 6.81. The van der Waals surface area contributed by atoms with Crippen LogP contribution in [0.25, 0.3) is 10.2 Å². The minimum atomic E-state index is -0.259. The van der Waals surface area contributed by atoms with Crippen molar-refractivity contribution in [3.05, 3.63) is 49.8 Å². The Kier molecular flexibility index (Phi) is 4.44. The number of fused-ring (bicyclic) bond motifs is 2. The Labute approximate surface area is 165 Å². The van der Waals surface area contributed by atoms with Crippen LogP contribution in [0, 0.1) is 6.92 Å². The average molecular weight is 403 g/mol. The second kappa shape index (κ2) is 6.65. The molecule has 140 valence electrons. The molecule has 0 saturated heterocycles. The van der Waals surface area contributed by atoms with Crippen molar-refractivity contribution in [2.75, 3.05) is 24.3 Å². The Hall–Kier alpha value is -2.38. The zero-order valence-corrected chi connectivity index (χ0v) is 16.9. The molecular formula is C19H19ClN4O2S. The highest BCUT2D eigenvalue weighted by molar-refractivity contribution is 7.20. The van der Waals surface area contributed by atoms with Gasteiger partial charge in [0.15, 0.2) is 0 Å². The number of hydrogen-bond acceptors (Lipinski definition) is 5. The summed E-state index contributed by atoms with van der Waals surface area (Å²) in [7, 11) is 3.74. The topological polar surface area (TPSA) is 67.2 Å². The van der Waals surface area contributed by atoms with Crippen LogP contribution in [-0.4, -0.2) is 29.6 Å². The fourth-order valence-corrected chi connectivity index (χ4v) is 4.97. The van der Waals surface area contributed by atoms with E-state index in [2.05, 4.69) is 10.3 Å². The summed E-state index contributed by atoms with van der Waals surface area (Å²) in [5, 5.41) is 4.04. The van der Waals surface area contributed by atoms with Crippen molar-refractivity contribution in [2.45, 2.75) is 26.3 Å². The monoisotopic (exact) mass is 402 g/mol. The molecule has 8 heteroatoms. The predicted molar refractivity (Wildman–Crippen MR) is 111 cm³/mol. The normalized spacial score (nSPS) is 13.0. The number of nitrogens with one attached hydrogen (secondary N) is 1. The van der Waals surface area contributed by atoms with Gasteiger partial charge >= 0.3 is 0 Å². The molecule has 3 aromatic rings.